The van der Waals surface area contributed by atoms with E-state index in [-0.39, 0.29) is 22.2 Å². The van der Waals surface area contributed by atoms with Crippen molar-refractivity contribution in [1.29, 1.82) is 0 Å². The van der Waals surface area contributed by atoms with Crippen LogP contribution in [0, 0.1) is 0 Å². The molecule has 1 rings (SSSR count). The molecular formula is C12H19N2O5P. The van der Waals surface area contributed by atoms with Crippen molar-refractivity contribution >= 4 is 30.2 Å². The molecule has 0 aliphatic heterocycles. The van der Waals surface area contributed by atoms with Gasteiger partial charge in [0.05, 0.1) is 18.8 Å². The van der Waals surface area contributed by atoms with E-state index < -0.39 is 19.7 Å². The highest BCUT2D eigenvalue weighted by molar-refractivity contribution is 7.62. The Hall–Kier alpha value is -1.56. The molecule has 20 heavy (non-hydrogen) atoms. The van der Waals surface area contributed by atoms with Crippen molar-refractivity contribution in [3.8, 4) is 0 Å². The third-order valence-corrected chi connectivity index (χ3v) is 4.50. The molecule has 2 atom stereocenters. The summed E-state index contributed by atoms with van der Waals surface area (Å²) in [5.74, 6) is -0.634. The maximum Gasteiger partial charge on any atom is 0.363 e. The number of carbonyl (C=O) groups excluding carboxylic acids is 1. The summed E-state index contributed by atoms with van der Waals surface area (Å²) in [4.78, 5) is 21.4. The van der Waals surface area contributed by atoms with Crippen LogP contribution in [0.3, 0.4) is 0 Å². The first kappa shape index (κ1) is 16.5. The van der Waals surface area contributed by atoms with Crippen LogP contribution in [0.25, 0.3) is 0 Å². The summed E-state index contributed by atoms with van der Waals surface area (Å²) in [6.45, 7) is 3.48. The monoisotopic (exact) mass is 302 g/mol. The molecule has 112 valence electrons. The largest absolute Gasteiger partial charge is 0.465 e. The lowest BCUT2D eigenvalue weighted by molar-refractivity contribution is 0.0600. The summed E-state index contributed by atoms with van der Waals surface area (Å²) >= 11 is 0. The second-order valence-electron chi connectivity index (χ2n) is 4.34. The average Bonchev–Trinajstić information content (AvgIpc) is 2.35. The van der Waals surface area contributed by atoms with Gasteiger partial charge in [0.2, 0.25) is 0 Å². The molecule has 0 aliphatic rings. The van der Waals surface area contributed by atoms with E-state index in [4.69, 9.17) is 16.0 Å². The molecule has 7 nitrogen and oxygen atoms in total. The zero-order valence-electron chi connectivity index (χ0n) is 11.6. The van der Waals surface area contributed by atoms with Gasteiger partial charge in [0.1, 0.15) is 5.30 Å². The van der Waals surface area contributed by atoms with Crippen molar-refractivity contribution in [3.05, 3.63) is 17.7 Å². The van der Waals surface area contributed by atoms with E-state index in [1.165, 1.54) is 19.2 Å². The fourth-order valence-corrected chi connectivity index (χ4v) is 3.14. The van der Waals surface area contributed by atoms with Crippen molar-refractivity contribution in [1.82, 2.24) is 0 Å². The number of anilines is 2. The summed E-state index contributed by atoms with van der Waals surface area (Å²) in [5, 5.41) is -0.189. The van der Waals surface area contributed by atoms with Crippen molar-refractivity contribution in [2.24, 2.45) is 0 Å². The number of nitrogen functional groups attached to an aromatic ring is 2. The van der Waals surface area contributed by atoms with Crippen LogP contribution in [0.15, 0.2) is 12.1 Å². The zero-order valence-corrected chi connectivity index (χ0v) is 12.5. The molecule has 1 aromatic carbocycles. The van der Waals surface area contributed by atoms with Crippen LogP contribution in [0.1, 0.15) is 30.6 Å². The van der Waals surface area contributed by atoms with Crippen molar-refractivity contribution in [3.63, 3.8) is 0 Å². The molecule has 8 heteroatoms. The normalized spacial score (nSPS) is 15.4. The molecule has 0 saturated carbocycles. The zero-order chi connectivity index (χ0) is 15.5. The van der Waals surface area contributed by atoms with Gasteiger partial charge in [-0.3, -0.25) is 4.57 Å². The molecule has 0 heterocycles. The van der Waals surface area contributed by atoms with Gasteiger partial charge >= 0.3 is 13.6 Å². The Morgan fingerprint density at radius 1 is 1.40 bits per heavy atom. The summed E-state index contributed by atoms with van der Waals surface area (Å²) in [7, 11) is -2.94. The predicted molar refractivity (Wildman–Crippen MR) is 76.9 cm³/mol. The van der Waals surface area contributed by atoms with Crippen LogP contribution in [0.2, 0.25) is 0 Å². The van der Waals surface area contributed by atoms with E-state index in [2.05, 4.69) is 4.74 Å². The second-order valence-corrected chi connectivity index (χ2v) is 6.04. The van der Waals surface area contributed by atoms with Crippen LogP contribution in [0.5, 0.6) is 0 Å². The van der Waals surface area contributed by atoms with E-state index in [0.717, 1.165) is 0 Å². The highest BCUT2D eigenvalue weighted by atomic mass is 31.2. The van der Waals surface area contributed by atoms with Gasteiger partial charge in [0.15, 0.2) is 0 Å². The van der Waals surface area contributed by atoms with Gasteiger partial charge in [-0.1, -0.05) is 6.92 Å². The number of ether oxygens (including phenoxy) is 1. The lowest BCUT2D eigenvalue weighted by Crippen LogP contribution is -2.21. The molecule has 1 aromatic rings. The van der Waals surface area contributed by atoms with Gasteiger partial charge in [-0.15, -0.1) is 0 Å². The lowest BCUT2D eigenvalue weighted by Gasteiger charge is -2.20. The first-order valence-corrected chi connectivity index (χ1v) is 7.59. The fourth-order valence-electron chi connectivity index (χ4n) is 1.61. The van der Waals surface area contributed by atoms with Crippen molar-refractivity contribution in [2.45, 2.75) is 26.4 Å². The third kappa shape index (κ3) is 3.50. The number of methoxy groups -OCH3 is 1. The Bertz CT molecular complexity index is 538. The Labute approximate surface area is 117 Å². The molecule has 2 unspecified atom stereocenters. The molecule has 0 saturated heterocycles. The molecule has 0 aromatic heterocycles. The van der Waals surface area contributed by atoms with Gasteiger partial charge in [-0.25, -0.2) is 4.79 Å². The number of carbonyl (C=O) groups is 1. The van der Waals surface area contributed by atoms with Gasteiger partial charge in [-0.2, -0.15) is 0 Å². The predicted octanol–water partition coefficient (Wildman–Crippen LogP) is 1.26. The molecule has 0 fully saturated rings. The first-order valence-electron chi connectivity index (χ1n) is 6.02. The quantitative estimate of drug-likeness (QED) is 0.425. The minimum Gasteiger partial charge on any atom is -0.465 e. The minimum atomic E-state index is -4.15. The SMILES string of the molecule is CCC(C)OP(=O)(O)c1c(N)cc(C(=O)OC)cc1N. The van der Waals surface area contributed by atoms with Crippen LogP contribution < -0.4 is 16.8 Å². The van der Waals surface area contributed by atoms with E-state index in [1.54, 1.807) is 6.92 Å². The van der Waals surface area contributed by atoms with Crippen LogP contribution in [-0.2, 0) is 13.8 Å². The Morgan fingerprint density at radius 3 is 2.30 bits per heavy atom. The first-order chi connectivity index (χ1) is 9.22. The maximum absolute atomic E-state index is 12.2. The summed E-state index contributed by atoms with van der Waals surface area (Å²) in [5.41, 5.74) is 11.4. The minimum absolute atomic E-state index is 0.0838. The van der Waals surface area contributed by atoms with Crippen LogP contribution >= 0.6 is 7.60 Å². The molecule has 0 radical (unpaired) electrons. The molecule has 5 N–H and O–H groups in total. The average molecular weight is 302 g/mol. The highest BCUT2D eigenvalue weighted by Crippen LogP contribution is 2.46. The van der Waals surface area contributed by atoms with Gasteiger partial charge in [-0.05, 0) is 25.5 Å². The smallest absolute Gasteiger partial charge is 0.363 e. The summed E-state index contributed by atoms with van der Waals surface area (Å²) < 4.78 is 21.9. The summed E-state index contributed by atoms with van der Waals surface area (Å²) in [6, 6.07) is 2.47. The van der Waals surface area contributed by atoms with Gasteiger partial charge in [0.25, 0.3) is 0 Å². The van der Waals surface area contributed by atoms with Crippen LogP contribution in [0.4, 0.5) is 11.4 Å². The van der Waals surface area contributed by atoms with Crippen molar-refractivity contribution in [2.75, 3.05) is 18.6 Å². The number of esters is 1. The van der Waals surface area contributed by atoms with Crippen LogP contribution in [-0.4, -0.2) is 24.1 Å². The van der Waals surface area contributed by atoms with Crippen molar-refractivity contribution < 1.29 is 23.5 Å². The summed E-state index contributed by atoms with van der Waals surface area (Å²) in [6.07, 6.45) is 0.134. The van der Waals surface area contributed by atoms with E-state index in [9.17, 15) is 14.3 Å². The number of benzene rings is 1. The Kier molecular flexibility index (Phi) is 5.16. The van der Waals surface area contributed by atoms with E-state index in [1.807, 2.05) is 6.92 Å². The molecule has 0 aliphatic carbocycles. The molecular weight excluding hydrogens is 283 g/mol. The number of hydrogen-bond donors (Lipinski definition) is 3. The van der Waals surface area contributed by atoms with E-state index in [0.29, 0.717) is 6.42 Å². The standard InChI is InChI=1S/C12H19N2O5P/c1-4-7(2)19-20(16,17)11-9(13)5-8(6-10(11)14)12(15)18-3/h5-7H,4,13-14H2,1-3H3,(H,16,17). The second kappa shape index (κ2) is 6.26. The number of rotatable bonds is 5. The number of hydrogen-bond acceptors (Lipinski definition) is 6. The molecule has 0 bridgehead atoms. The molecule has 0 amide bonds. The Balaban J connectivity index is 3.26. The maximum atomic E-state index is 12.2. The Morgan fingerprint density at radius 2 is 1.90 bits per heavy atom. The highest BCUT2D eigenvalue weighted by Gasteiger charge is 2.31. The topological polar surface area (TPSA) is 125 Å². The van der Waals surface area contributed by atoms with E-state index >= 15 is 0 Å². The lowest BCUT2D eigenvalue weighted by atomic mass is 10.2. The third-order valence-electron chi connectivity index (χ3n) is 2.77. The van der Waals surface area contributed by atoms with Gasteiger partial charge < -0.3 is 25.6 Å². The molecule has 0 spiro atoms. The number of nitrogens with two attached hydrogens (primary N) is 2. The fraction of sp³-hybridized carbons (Fsp3) is 0.417. The van der Waals surface area contributed by atoms with Gasteiger partial charge in [0, 0.05) is 11.4 Å².